The van der Waals surface area contributed by atoms with E-state index in [0.29, 0.717) is 32.2 Å². The average molecular weight is 672 g/mol. The fourth-order valence-electron chi connectivity index (χ4n) is 6.43. The van der Waals surface area contributed by atoms with Gasteiger partial charge in [0, 0.05) is 32.5 Å². The topological polar surface area (TPSA) is 118 Å². The zero-order valence-corrected chi connectivity index (χ0v) is 27.8. The third-order valence-corrected chi connectivity index (χ3v) is 9.74. The molecule has 0 spiro atoms. The Hall–Kier alpha value is -0.0800. The highest BCUT2D eigenvalue weighted by atomic mass is 127. The van der Waals surface area contributed by atoms with Gasteiger partial charge in [0.25, 0.3) is 0 Å². The molecule has 2 fully saturated rings. The molecule has 2 saturated heterocycles. The highest BCUT2D eigenvalue weighted by Gasteiger charge is 2.47. The Kier molecular flexibility index (Phi) is 12.5. The highest BCUT2D eigenvalue weighted by molar-refractivity contribution is 14.1. The monoisotopic (exact) mass is 671 g/mol. The normalized spacial score (nSPS) is 48.2. The first kappa shape index (κ1) is 35.1. The molecule has 9 nitrogen and oxygen atoms in total. The number of rotatable bonds is 4. The largest absolute Gasteiger partial charge is 0.459 e. The minimum absolute atomic E-state index is 0.0871. The Balaban J connectivity index is 2.45. The number of alkyl halides is 1. The fourth-order valence-corrected chi connectivity index (χ4v) is 7.88. The number of methoxy groups -OCH3 is 1. The van der Waals surface area contributed by atoms with Gasteiger partial charge < -0.3 is 39.2 Å². The Bertz CT molecular complexity index is 797. The average Bonchev–Trinajstić information content (AvgIpc) is 2.82. The van der Waals surface area contributed by atoms with Gasteiger partial charge in [-0.15, -0.1) is 0 Å². The van der Waals surface area contributed by atoms with Crippen molar-refractivity contribution in [1.29, 1.82) is 0 Å². The Morgan fingerprint density at radius 3 is 2.26 bits per heavy atom. The van der Waals surface area contributed by atoms with Gasteiger partial charge in [0.15, 0.2) is 6.29 Å². The molecule has 230 valence electrons. The van der Waals surface area contributed by atoms with Crippen LogP contribution in [-0.4, -0.2) is 98.4 Å². The zero-order valence-electron chi connectivity index (χ0n) is 25.6. The van der Waals surface area contributed by atoms with E-state index in [-0.39, 0.29) is 17.9 Å². The standard InChI is InChI=1S/C29H54INO8/c1-11-22-28(8,34)25(32)21(6)31(9)16-17(2)12-29(30,35)13-18(3)24(20(5)26(33)38-22)39-23-15-27(7,36-10)14-19(4)37-23/h17-25,32,34-35H,11-16H2,1-10H3/t17-,18-,19+,20-,21-,22-,23+,24+,25-,27+,28-,29-/m1/s1. The molecule has 0 saturated carbocycles. The second-order valence-corrected chi connectivity index (χ2v) is 14.9. The summed E-state index contributed by atoms with van der Waals surface area (Å²) < 4.78 is 23.3. The molecule has 10 heteroatoms. The van der Waals surface area contributed by atoms with E-state index in [0.717, 1.165) is 6.42 Å². The quantitative estimate of drug-likeness (QED) is 0.233. The molecule has 0 aromatic heterocycles. The van der Waals surface area contributed by atoms with E-state index < -0.39 is 57.3 Å². The molecular weight excluding hydrogens is 617 g/mol. The Morgan fingerprint density at radius 1 is 1.08 bits per heavy atom. The Labute approximate surface area is 249 Å². The van der Waals surface area contributed by atoms with Crippen molar-refractivity contribution in [2.75, 3.05) is 20.7 Å². The first-order valence-electron chi connectivity index (χ1n) is 14.4. The van der Waals surface area contributed by atoms with Crippen LogP contribution < -0.4 is 0 Å². The van der Waals surface area contributed by atoms with E-state index in [1.165, 1.54) is 6.92 Å². The number of cyclic esters (lactones) is 1. The summed E-state index contributed by atoms with van der Waals surface area (Å²) in [5.41, 5.74) is -2.09. The lowest BCUT2D eigenvalue weighted by atomic mass is 9.85. The van der Waals surface area contributed by atoms with Crippen molar-refractivity contribution < 1.29 is 39.1 Å². The van der Waals surface area contributed by atoms with Gasteiger partial charge in [-0.1, -0.05) is 20.8 Å². The third-order valence-electron chi connectivity index (χ3n) is 8.86. The molecule has 0 radical (unpaired) electrons. The summed E-state index contributed by atoms with van der Waals surface area (Å²) in [4.78, 5) is 15.6. The van der Waals surface area contributed by atoms with Gasteiger partial charge in [-0.2, -0.15) is 0 Å². The number of hydrogen-bond acceptors (Lipinski definition) is 9. The molecule has 2 aliphatic rings. The first-order chi connectivity index (χ1) is 17.9. The minimum atomic E-state index is -1.67. The number of carbonyl (C=O) groups is 1. The molecule has 12 atom stereocenters. The molecule has 3 N–H and O–H groups in total. The number of nitrogens with zero attached hydrogens (tertiary/aromatic N) is 1. The summed E-state index contributed by atoms with van der Waals surface area (Å²) in [5.74, 6) is -1.35. The molecule has 0 amide bonds. The van der Waals surface area contributed by atoms with Crippen molar-refractivity contribution in [3.8, 4) is 0 Å². The van der Waals surface area contributed by atoms with Crippen LogP contribution >= 0.6 is 22.6 Å². The van der Waals surface area contributed by atoms with E-state index in [4.69, 9.17) is 18.9 Å². The number of likely N-dealkylation sites (N-methyl/N-ethyl adjacent to an activating group) is 1. The van der Waals surface area contributed by atoms with Crippen LogP contribution in [0.15, 0.2) is 0 Å². The van der Waals surface area contributed by atoms with Crippen LogP contribution in [0, 0.1) is 17.8 Å². The van der Waals surface area contributed by atoms with Gasteiger partial charge in [0.1, 0.15) is 21.4 Å². The highest BCUT2D eigenvalue weighted by Crippen LogP contribution is 2.39. The van der Waals surface area contributed by atoms with Gasteiger partial charge in [0.2, 0.25) is 0 Å². The number of carbonyl (C=O) groups excluding carboxylic acids is 1. The number of aliphatic hydroxyl groups is 3. The van der Waals surface area contributed by atoms with Gasteiger partial charge >= 0.3 is 5.97 Å². The number of aliphatic hydroxyl groups excluding tert-OH is 1. The minimum Gasteiger partial charge on any atom is -0.459 e. The second-order valence-electron chi connectivity index (χ2n) is 12.9. The van der Waals surface area contributed by atoms with E-state index in [2.05, 4.69) is 29.5 Å². The SMILES string of the molecule is CC[C@H]1OC(=O)[C@H](C)[C@@H](O[C@H]2C[C@@](C)(OC)C[C@H](C)O2)[C@H](C)C[C@@](O)(I)C[C@@H](C)CN(C)[C@H](C)[C@@H](O)[C@]1(C)O. The van der Waals surface area contributed by atoms with Crippen LogP contribution in [0.2, 0.25) is 0 Å². The van der Waals surface area contributed by atoms with E-state index >= 15 is 0 Å². The summed E-state index contributed by atoms with van der Waals surface area (Å²) >= 11 is 2.10. The number of esters is 1. The molecule has 0 aliphatic carbocycles. The predicted molar refractivity (Wildman–Crippen MR) is 158 cm³/mol. The Morgan fingerprint density at radius 2 is 1.69 bits per heavy atom. The molecular formula is C29H54INO8. The maximum atomic E-state index is 13.6. The number of hydrogen-bond donors (Lipinski definition) is 3. The van der Waals surface area contributed by atoms with Crippen LogP contribution in [0.5, 0.6) is 0 Å². The van der Waals surface area contributed by atoms with Crippen LogP contribution in [0.3, 0.4) is 0 Å². The first-order valence-corrected chi connectivity index (χ1v) is 15.5. The number of ether oxygens (including phenoxy) is 4. The van der Waals surface area contributed by atoms with Crippen molar-refractivity contribution >= 4 is 28.6 Å². The van der Waals surface area contributed by atoms with Gasteiger partial charge in [-0.25, -0.2) is 0 Å². The van der Waals surface area contributed by atoms with E-state index in [1.807, 2.05) is 46.6 Å². The predicted octanol–water partition coefficient (Wildman–Crippen LogP) is 3.88. The summed E-state index contributed by atoms with van der Waals surface area (Å²) in [6, 6.07) is -0.407. The molecule has 2 aliphatic heterocycles. The molecule has 0 aromatic carbocycles. The summed E-state index contributed by atoms with van der Waals surface area (Å²) in [5, 5.41) is 34.1. The molecule has 0 unspecified atom stereocenters. The maximum absolute atomic E-state index is 13.6. The molecule has 0 aromatic rings. The smallest absolute Gasteiger partial charge is 0.311 e. The third kappa shape index (κ3) is 9.20. The zero-order chi connectivity index (χ0) is 29.9. The summed E-state index contributed by atoms with van der Waals surface area (Å²) in [7, 11) is 3.58. The molecule has 2 heterocycles. The lowest BCUT2D eigenvalue weighted by molar-refractivity contribution is -0.265. The van der Waals surface area contributed by atoms with Gasteiger partial charge in [0.05, 0.1) is 23.7 Å². The number of halogens is 1. The lowest BCUT2D eigenvalue weighted by Gasteiger charge is -2.43. The van der Waals surface area contributed by atoms with Crippen LogP contribution in [0.1, 0.15) is 87.5 Å². The van der Waals surface area contributed by atoms with Gasteiger partial charge in [-0.05, 0) is 95.4 Å². The van der Waals surface area contributed by atoms with Crippen molar-refractivity contribution in [3.05, 3.63) is 0 Å². The second kappa shape index (κ2) is 13.9. The van der Waals surface area contributed by atoms with Crippen LogP contribution in [-0.2, 0) is 23.7 Å². The molecule has 39 heavy (non-hydrogen) atoms. The van der Waals surface area contributed by atoms with Gasteiger partial charge in [-0.3, -0.25) is 4.79 Å². The lowest BCUT2D eigenvalue weighted by Crippen LogP contribution is -2.59. The molecule has 2 rings (SSSR count). The van der Waals surface area contributed by atoms with Crippen LogP contribution in [0.25, 0.3) is 0 Å². The van der Waals surface area contributed by atoms with Crippen molar-refractivity contribution in [3.63, 3.8) is 0 Å². The van der Waals surface area contributed by atoms with E-state index in [9.17, 15) is 20.1 Å². The maximum Gasteiger partial charge on any atom is 0.311 e. The fraction of sp³-hybridized carbons (Fsp3) is 0.966. The summed E-state index contributed by atoms with van der Waals surface area (Å²) in [6.07, 6.45) is -0.889. The van der Waals surface area contributed by atoms with Crippen molar-refractivity contribution in [2.24, 2.45) is 17.8 Å². The van der Waals surface area contributed by atoms with Crippen molar-refractivity contribution in [2.45, 2.75) is 139 Å². The van der Waals surface area contributed by atoms with Crippen LogP contribution in [0.4, 0.5) is 0 Å². The molecule has 0 bridgehead atoms. The van der Waals surface area contributed by atoms with E-state index in [1.54, 1.807) is 14.0 Å². The summed E-state index contributed by atoms with van der Waals surface area (Å²) in [6.45, 7) is 15.6. The van der Waals surface area contributed by atoms with Crippen molar-refractivity contribution in [1.82, 2.24) is 4.90 Å².